The normalized spacial score (nSPS) is 13.6. The number of anilines is 1. The topological polar surface area (TPSA) is 39.1 Å². The summed E-state index contributed by atoms with van der Waals surface area (Å²) < 4.78 is 0. The van der Waals surface area contributed by atoms with Crippen LogP contribution in [0.2, 0.25) is 0 Å². The minimum absolute atomic E-state index is 0.0558. The van der Waals surface area contributed by atoms with Gasteiger partial charge in [-0.25, -0.2) is 0 Å². The van der Waals surface area contributed by atoms with E-state index in [0.717, 1.165) is 19.6 Å². The van der Waals surface area contributed by atoms with Crippen LogP contribution in [0.5, 0.6) is 0 Å². The summed E-state index contributed by atoms with van der Waals surface area (Å²) >= 11 is 0. The number of hydrogen-bond donors (Lipinski definition) is 1. The van der Waals surface area contributed by atoms with Gasteiger partial charge in [0.25, 0.3) is 0 Å². The Morgan fingerprint density at radius 3 is 2.32 bits per heavy atom. The lowest BCUT2D eigenvalue weighted by Crippen LogP contribution is -2.27. The number of nitriles is 1. The zero-order valence-corrected chi connectivity index (χ0v) is 12.5. The van der Waals surface area contributed by atoms with Crippen molar-refractivity contribution in [3.05, 3.63) is 29.8 Å². The molecule has 0 aliphatic rings. The van der Waals surface area contributed by atoms with Crippen molar-refractivity contribution in [1.29, 1.82) is 5.26 Å². The highest BCUT2D eigenvalue weighted by Gasteiger charge is 2.10. The molecule has 0 bridgehead atoms. The Morgan fingerprint density at radius 1 is 1.21 bits per heavy atom. The molecule has 0 spiro atoms. The fourth-order valence-electron chi connectivity index (χ4n) is 2.19. The van der Waals surface area contributed by atoms with Crippen LogP contribution in [-0.4, -0.2) is 19.6 Å². The average molecular weight is 259 g/mol. The van der Waals surface area contributed by atoms with Crippen molar-refractivity contribution in [2.24, 2.45) is 5.92 Å². The van der Waals surface area contributed by atoms with Crippen molar-refractivity contribution in [1.82, 2.24) is 5.32 Å². The fraction of sp³-hybridized carbons (Fsp3) is 0.562. The van der Waals surface area contributed by atoms with Gasteiger partial charge in [-0.2, -0.15) is 5.26 Å². The Morgan fingerprint density at radius 2 is 1.84 bits per heavy atom. The number of rotatable bonds is 7. The van der Waals surface area contributed by atoms with Crippen LogP contribution in [0.3, 0.4) is 0 Å². The van der Waals surface area contributed by atoms with Crippen molar-refractivity contribution in [3.8, 4) is 6.07 Å². The SMILES string of the molecule is CCNC(C)c1ccc(N(CC)CC(C)C#N)cc1. The Bertz CT molecular complexity index is 405. The van der Waals surface area contributed by atoms with Crippen LogP contribution in [0.25, 0.3) is 0 Å². The molecule has 0 amide bonds. The first-order valence-corrected chi connectivity index (χ1v) is 7.10. The Balaban J connectivity index is 2.76. The van der Waals surface area contributed by atoms with E-state index >= 15 is 0 Å². The Hall–Kier alpha value is -1.53. The van der Waals surface area contributed by atoms with Gasteiger partial charge in [-0.15, -0.1) is 0 Å². The van der Waals surface area contributed by atoms with E-state index in [2.05, 4.69) is 61.3 Å². The Kier molecular flexibility index (Phi) is 6.38. The highest BCUT2D eigenvalue weighted by atomic mass is 15.1. The molecule has 0 heterocycles. The molecule has 0 aliphatic carbocycles. The first kappa shape index (κ1) is 15.5. The quantitative estimate of drug-likeness (QED) is 0.816. The van der Waals surface area contributed by atoms with E-state index in [1.165, 1.54) is 11.3 Å². The standard InChI is InChI=1S/C16H25N3/c1-5-18-14(4)15-7-9-16(10-8-15)19(6-2)12-13(3)11-17/h7-10,13-14,18H,5-6,12H2,1-4H3. The van der Waals surface area contributed by atoms with E-state index in [9.17, 15) is 0 Å². The predicted molar refractivity (Wildman–Crippen MR) is 81.2 cm³/mol. The minimum Gasteiger partial charge on any atom is -0.371 e. The van der Waals surface area contributed by atoms with Crippen LogP contribution < -0.4 is 10.2 Å². The maximum atomic E-state index is 8.92. The molecule has 0 radical (unpaired) electrons. The van der Waals surface area contributed by atoms with E-state index in [1.54, 1.807) is 0 Å². The van der Waals surface area contributed by atoms with Crippen molar-refractivity contribution >= 4 is 5.69 Å². The van der Waals surface area contributed by atoms with E-state index < -0.39 is 0 Å². The number of nitrogens with one attached hydrogen (secondary N) is 1. The molecule has 104 valence electrons. The van der Waals surface area contributed by atoms with Gasteiger partial charge in [0.05, 0.1) is 12.0 Å². The minimum atomic E-state index is 0.0558. The molecule has 1 aromatic rings. The molecule has 2 unspecified atom stereocenters. The molecule has 1 rings (SSSR count). The first-order chi connectivity index (χ1) is 9.12. The van der Waals surface area contributed by atoms with Crippen LogP contribution in [-0.2, 0) is 0 Å². The maximum absolute atomic E-state index is 8.92. The third kappa shape index (κ3) is 4.57. The monoisotopic (exact) mass is 259 g/mol. The predicted octanol–water partition coefficient (Wildman–Crippen LogP) is 3.34. The second-order valence-electron chi connectivity index (χ2n) is 4.94. The summed E-state index contributed by atoms with van der Waals surface area (Å²) in [6.07, 6.45) is 0. The summed E-state index contributed by atoms with van der Waals surface area (Å²) in [4.78, 5) is 2.25. The van der Waals surface area contributed by atoms with Gasteiger partial charge in [0.2, 0.25) is 0 Å². The number of hydrogen-bond acceptors (Lipinski definition) is 3. The van der Waals surface area contributed by atoms with E-state index in [0.29, 0.717) is 6.04 Å². The van der Waals surface area contributed by atoms with Gasteiger partial charge >= 0.3 is 0 Å². The molecular formula is C16H25N3. The molecule has 3 heteroatoms. The fourth-order valence-corrected chi connectivity index (χ4v) is 2.19. The zero-order valence-electron chi connectivity index (χ0n) is 12.5. The molecule has 19 heavy (non-hydrogen) atoms. The summed E-state index contributed by atoms with van der Waals surface area (Å²) in [5.74, 6) is 0.0558. The molecule has 0 saturated heterocycles. The molecular weight excluding hydrogens is 234 g/mol. The van der Waals surface area contributed by atoms with Crippen molar-refractivity contribution in [3.63, 3.8) is 0 Å². The van der Waals surface area contributed by atoms with Crippen LogP contribution in [0, 0.1) is 17.2 Å². The van der Waals surface area contributed by atoms with E-state index in [4.69, 9.17) is 5.26 Å². The van der Waals surface area contributed by atoms with Crippen LogP contribution in [0.4, 0.5) is 5.69 Å². The van der Waals surface area contributed by atoms with Crippen LogP contribution in [0.15, 0.2) is 24.3 Å². The van der Waals surface area contributed by atoms with Crippen molar-refractivity contribution in [2.45, 2.75) is 33.7 Å². The molecule has 0 saturated carbocycles. The third-order valence-electron chi connectivity index (χ3n) is 3.36. The van der Waals surface area contributed by atoms with Gasteiger partial charge in [0, 0.05) is 24.8 Å². The smallest absolute Gasteiger partial charge is 0.0671 e. The number of benzene rings is 1. The molecule has 1 N–H and O–H groups in total. The third-order valence-corrected chi connectivity index (χ3v) is 3.36. The van der Waals surface area contributed by atoms with Crippen molar-refractivity contribution < 1.29 is 0 Å². The lowest BCUT2D eigenvalue weighted by Gasteiger charge is -2.25. The largest absolute Gasteiger partial charge is 0.371 e. The second kappa shape index (κ2) is 7.81. The van der Waals surface area contributed by atoms with Gasteiger partial charge in [0.15, 0.2) is 0 Å². The van der Waals surface area contributed by atoms with Gasteiger partial charge in [-0.05, 0) is 45.0 Å². The second-order valence-corrected chi connectivity index (χ2v) is 4.94. The molecule has 3 nitrogen and oxygen atoms in total. The van der Waals surface area contributed by atoms with Gasteiger partial charge in [-0.3, -0.25) is 0 Å². The summed E-state index contributed by atoms with van der Waals surface area (Å²) in [5.41, 5.74) is 2.49. The Labute approximate surface area is 117 Å². The lowest BCUT2D eigenvalue weighted by atomic mass is 10.1. The summed E-state index contributed by atoms with van der Waals surface area (Å²) in [6.45, 7) is 11.1. The van der Waals surface area contributed by atoms with E-state index in [-0.39, 0.29) is 5.92 Å². The van der Waals surface area contributed by atoms with Crippen molar-refractivity contribution in [2.75, 3.05) is 24.5 Å². The molecule has 0 aliphatic heterocycles. The molecule has 1 aromatic carbocycles. The summed E-state index contributed by atoms with van der Waals surface area (Å²) in [6, 6.07) is 11.3. The van der Waals surface area contributed by atoms with Gasteiger partial charge in [-0.1, -0.05) is 19.1 Å². The van der Waals surface area contributed by atoms with Crippen LogP contribution in [0.1, 0.15) is 39.3 Å². The highest BCUT2D eigenvalue weighted by molar-refractivity contribution is 5.48. The maximum Gasteiger partial charge on any atom is 0.0671 e. The van der Waals surface area contributed by atoms with Crippen LogP contribution >= 0.6 is 0 Å². The number of nitrogens with zero attached hydrogens (tertiary/aromatic N) is 2. The molecule has 2 atom stereocenters. The van der Waals surface area contributed by atoms with Gasteiger partial charge in [0.1, 0.15) is 0 Å². The molecule has 0 fully saturated rings. The lowest BCUT2D eigenvalue weighted by molar-refractivity contribution is 0.598. The first-order valence-electron chi connectivity index (χ1n) is 7.10. The highest BCUT2D eigenvalue weighted by Crippen LogP contribution is 2.20. The molecule has 0 aromatic heterocycles. The summed E-state index contributed by atoms with van der Waals surface area (Å²) in [5, 5.41) is 12.3. The van der Waals surface area contributed by atoms with Gasteiger partial charge < -0.3 is 10.2 Å². The zero-order chi connectivity index (χ0) is 14.3. The average Bonchev–Trinajstić information content (AvgIpc) is 2.45. The van der Waals surface area contributed by atoms with E-state index in [1.807, 2.05) is 6.92 Å². The summed E-state index contributed by atoms with van der Waals surface area (Å²) in [7, 11) is 0.